The highest BCUT2D eigenvalue weighted by Crippen LogP contribution is 2.16. The Labute approximate surface area is 159 Å². The Morgan fingerprint density at radius 1 is 0.923 bits per heavy atom. The second-order valence-corrected chi connectivity index (χ2v) is 6.40. The molecule has 0 bridgehead atoms. The van der Waals surface area contributed by atoms with Gasteiger partial charge in [0.15, 0.2) is 0 Å². The summed E-state index contributed by atoms with van der Waals surface area (Å²) in [6.07, 6.45) is 1.82. The van der Waals surface area contributed by atoms with Crippen molar-refractivity contribution in [2.75, 3.05) is 23.7 Å². The Balaban J connectivity index is 2.04. The molecule has 0 aliphatic heterocycles. The van der Waals surface area contributed by atoms with Gasteiger partial charge in [0, 0.05) is 35.1 Å². The van der Waals surface area contributed by atoms with E-state index in [0.29, 0.717) is 22.0 Å². The van der Waals surface area contributed by atoms with Crippen molar-refractivity contribution in [3.05, 3.63) is 59.1 Å². The van der Waals surface area contributed by atoms with E-state index < -0.39 is 0 Å². The number of hydrogen-bond donors (Lipinski definition) is 2. The molecule has 0 aromatic heterocycles. The first-order valence-corrected chi connectivity index (χ1v) is 9.14. The van der Waals surface area contributed by atoms with Crippen LogP contribution in [-0.4, -0.2) is 29.9 Å². The summed E-state index contributed by atoms with van der Waals surface area (Å²) in [7, 11) is 0. The second kappa shape index (κ2) is 9.82. The molecule has 0 saturated heterocycles. The molecule has 0 aliphatic carbocycles. The van der Waals surface area contributed by atoms with Crippen molar-refractivity contribution >= 4 is 34.9 Å². The standard InChI is InChI=1S/C20H24ClN3O2/c1-3-12-24(13-4-2)19(25)15-6-5-7-18(14-15)23-20(26)22-17-10-8-16(21)9-11-17/h5-11,14H,3-4,12-13H2,1-2H3,(H2,22,23,26). The van der Waals surface area contributed by atoms with Gasteiger partial charge in [-0.3, -0.25) is 4.79 Å². The largest absolute Gasteiger partial charge is 0.339 e. The number of urea groups is 1. The van der Waals surface area contributed by atoms with Gasteiger partial charge in [-0.2, -0.15) is 0 Å². The van der Waals surface area contributed by atoms with E-state index in [9.17, 15) is 9.59 Å². The molecular formula is C20H24ClN3O2. The monoisotopic (exact) mass is 373 g/mol. The van der Waals surface area contributed by atoms with Crippen molar-refractivity contribution in [3.63, 3.8) is 0 Å². The van der Waals surface area contributed by atoms with E-state index in [4.69, 9.17) is 11.6 Å². The molecule has 0 fully saturated rings. The average Bonchev–Trinajstić information content (AvgIpc) is 2.63. The van der Waals surface area contributed by atoms with Crippen LogP contribution in [0.2, 0.25) is 5.02 Å². The van der Waals surface area contributed by atoms with Crippen molar-refractivity contribution in [1.82, 2.24) is 4.90 Å². The molecule has 0 saturated carbocycles. The van der Waals surface area contributed by atoms with Crippen LogP contribution in [0.1, 0.15) is 37.0 Å². The first kappa shape index (κ1) is 19.8. The van der Waals surface area contributed by atoms with Crippen molar-refractivity contribution in [1.29, 1.82) is 0 Å². The lowest BCUT2D eigenvalue weighted by molar-refractivity contribution is 0.0755. The third-order valence-electron chi connectivity index (χ3n) is 3.74. The molecule has 0 spiro atoms. The van der Waals surface area contributed by atoms with E-state index in [1.165, 1.54) is 0 Å². The molecule has 26 heavy (non-hydrogen) atoms. The molecule has 2 rings (SSSR count). The number of carbonyl (C=O) groups excluding carboxylic acids is 2. The summed E-state index contributed by atoms with van der Waals surface area (Å²) in [5.74, 6) is -0.0181. The van der Waals surface area contributed by atoms with Gasteiger partial charge in [-0.15, -0.1) is 0 Å². The van der Waals surface area contributed by atoms with Crippen LogP contribution in [0.5, 0.6) is 0 Å². The van der Waals surface area contributed by atoms with Crippen molar-refractivity contribution in [2.45, 2.75) is 26.7 Å². The van der Waals surface area contributed by atoms with E-state index in [-0.39, 0.29) is 11.9 Å². The molecule has 5 nitrogen and oxygen atoms in total. The van der Waals surface area contributed by atoms with Crippen LogP contribution in [0.4, 0.5) is 16.2 Å². The molecule has 2 N–H and O–H groups in total. The maximum Gasteiger partial charge on any atom is 0.323 e. The quantitative estimate of drug-likeness (QED) is 0.696. The molecular weight excluding hydrogens is 350 g/mol. The Kier molecular flexibility index (Phi) is 7.48. The fourth-order valence-corrected chi connectivity index (χ4v) is 2.72. The number of carbonyl (C=O) groups is 2. The molecule has 6 heteroatoms. The molecule has 3 amide bonds. The van der Waals surface area contributed by atoms with Crippen LogP contribution >= 0.6 is 11.6 Å². The summed E-state index contributed by atoms with van der Waals surface area (Å²) in [5.41, 5.74) is 1.77. The molecule has 0 radical (unpaired) electrons. The third kappa shape index (κ3) is 5.77. The smallest absolute Gasteiger partial charge is 0.323 e. The van der Waals surface area contributed by atoms with Crippen molar-refractivity contribution in [3.8, 4) is 0 Å². The Morgan fingerprint density at radius 3 is 2.15 bits per heavy atom. The van der Waals surface area contributed by atoms with Gasteiger partial charge in [0.1, 0.15) is 0 Å². The lowest BCUT2D eigenvalue weighted by Gasteiger charge is -2.21. The predicted molar refractivity (Wildman–Crippen MR) is 107 cm³/mol. The Bertz CT molecular complexity index is 741. The van der Waals surface area contributed by atoms with Gasteiger partial charge < -0.3 is 15.5 Å². The SMILES string of the molecule is CCCN(CCC)C(=O)c1cccc(NC(=O)Nc2ccc(Cl)cc2)c1. The number of nitrogens with one attached hydrogen (secondary N) is 2. The maximum atomic E-state index is 12.7. The van der Waals surface area contributed by atoms with Gasteiger partial charge in [0.25, 0.3) is 5.91 Å². The number of hydrogen-bond acceptors (Lipinski definition) is 2. The second-order valence-electron chi connectivity index (χ2n) is 5.96. The van der Waals surface area contributed by atoms with Crippen LogP contribution in [0.3, 0.4) is 0 Å². The molecule has 2 aromatic rings. The van der Waals surface area contributed by atoms with E-state index in [0.717, 1.165) is 25.9 Å². The highest BCUT2D eigenvalue weighted by molar-refractivity contribution is 6.30. The number of benzene rings is 2. The number of nitrogens with zero attached hydrogens (tertiary/aromatic N) is 1. The summed E-state index contributed by atoms with van der Waals surface area (Å²) in [6, 6.07) is 13.4. The molecule has 0 unspecified atom stereocenters. The highest BCUT2D eigenvalue weighted by atomic mass is 35.5. The topological polar surface area (TPSA) is 61.4 Å². The lowest BCUT2D eigenvalue weighted by Crippen LogP contribution is -2.32. The van der Waals surface area contributed by atoms with E-state index >= 15 is 0 Å². The summed E-state index contributed by atoms with van der Waals surface area (Å²) < 4.78 is 0. The van der Waals surface area contributed by atoms with E-state index in [1.807, 2.05) is 4.90 Å². The summed E-state index contributed by atoms with van der Waals surface area (Å²) >= 11 is 5.83. The first-order valence-electron chi connectivity index (χ1n) is 8.76. The van der Waals surface area contributed by atoms with Crippen LogP contribution in [0.15, 0.2) is 48.5 Å². The summed E-state index contributed by atoms with van der Waals surface area (Å²) in [4.78, 5) is 26.6. The number of halogens is 1. The molecule has 138 valence electrons. The minimum Gasteiger partial charge on any atom is -0.339 e. The number of rotatable bonds is 7. The fourth-order valence-electron chi connectivity index (χ4n) is 2.59. The van der Waals surface area contributed by atoms with E-state index in [2.05, 4.69) is 24.5 Å². The molecule has 0 atom stereocenters. The highest BCUT2D eigenvalue weighted by Gasteiger charge is 2.15. The van der Waals surface area contributed by atoms with Gasteiger partial charge >= 0.3 is 6.03 Å². The average molecular weight is 374 g/mol. The molecule has 0 heterocycles. The van der Waals surface area contributed by atoms with Crippen LogP contribution < -0.4 is 10.6 Å². The first-order chi connectivity index (χ1) is 12.5. The third-order valence-corrected chi connectivity index (χ3v) is 4.00. The normalized spacial score (nSPS) is 10.3. The fraction of sp³-hybridized carbons (Fsp3) is 0.300. The predicted octanol–water partition coefficient (Wildman–Crippen LogP) is 5.25. The summed E-state index contributed by atoms with van der Waals surface area (Å²) in [5, 5.41) is 6.08. The van der Waals surface area contributed by atoms with Gasteiger partial charge in [0.05, 0.1) is 0 Å². The van der Waals surface area contributed by atoms with Gasteiger partial charge in [0.2, 0.25) is 0 Å². The van der Waals surface area contributed by atoms with Crippen molar-refractivity contribution in [2.24, 2.45) is 0 Å². The Hall–Kier alpha value is -2.53. The Morgan fingerprint density at radius 2 is 1.54 bits per heavy atom. The zero-order valence-corrected chi connectivity index (χ0v) is 15.8. The van der Waals surface area contributed by atoms with Gasteiger partial charge in [-0.1, -0.05) is 31.5 Å². The summed E-state index contributed by atoms with van der Waals surface area (Å²) in [6.45, 7) is 5.55. The van der Waals surface area contributed by atoms with Crippen molar-refractivity contribution < 1.29 is 9.59 Å². The van der Waals surface area contributed by atoms with Crippen LogP contribution in [0, 0.1) is 0 Å². The minimum absolute atomic E-state index is 0.0181. The number of amides is 3. The molecule has 2 aromatic carbocycles. The van der Waals surface area contributed by atoms with Gasteiger partial charge in [-0.05, 0) is 55.3 Å². The minimum atomic E-state index is -0.379. The number of anilines is 2. The van der Waals surface area contributed by atoms with Crippen LogP contribution in [-0.2, 0) is 0 Å². The van der Waals surface area contributed by atoms with Crippen LogP contribution in [0.25, 0.3) is 0 Å². The van der Waals surface area contributed by atoms with E-state index in [1.54, 1.807) is 48.5 Å². The maximum absolute atomic E-state index is 12.7. The zero-order chi connectivity index (χ0) is 18.9. The molecule has 0 aliphatic rings. The lowest BCUT2D eigenvalue weighted by atomic mass is 10.1. The zero-order valence-electron chi connectivity index (χ0n) is 15.1. The van der Waals surface area contributed by atoms with Gasteiger partial charge in [-0.25, -0.2) is 4.79 Å².